The number of nitrogens with one attached hydrogen (secondary N) is 1. The quantitative estimate of drug-likeness (QED) is 0.784. The zero-order valence-corrected chi connectivity index (χ0v) is 9.10. The van der Waals surface area contributed by atoms with Gasteiger partial charge in [0.25, 0.3) is 5.91 Å². The molecule has 0 saturated carbocycles. The fourth-order valence-electron chi connectivity index (χ4n) is 0.960. The Morgan fingerprint density at radius 1 is 1.71 bits per heavy atom. The summed E-state index contributed by atoms with van der Waals surface area (Å²) in [7, 11) is 0. The highest BCUT2D eigenvalue weighted by atomic mass is 35.5. The number of hydrogen-bond donors (Lipinski definition) is 1. The van der Waals surface area contributed by atoms with Gasteiger partial charge in [0.05, 0.1) is 11.8 Å². The van der Waals surface area contributed by atoms with E-state index in [0.29, 0.717) is 11.6 Å². The normalized spacial score (nSPS) is 14.8. The second-order valence-electron chi connectivity index (χ2n) is 3.48. The van der Waals surface area contributed by atoms with Gasteiger partial charge in [-0.15, -0.1) is 11.6 Å². The van der Waals surface area contributed by atoms with Crippen molar-refractivity contribution in [1.29, 1.82) is 0 Å². The smallest absolute Gasteiger partial charge is 0.287 e. The van der Waals surface area contributed by atoms with Gasteiger partial charge in [-0.1, -0.05) is 6.92 Å². The Hall–Kier alpha value is -0.960. The van der Waals surface area contributed by atoms with Gasteiger partial charge >= 0.3 is 0 Å². The zero-order valence-electron chi connectivity index (χ0n) is 8.34. The van der Waals surface area contributed by atoms with Crippen LogP contribution in [0.25, 0.3) is 0 Å². The van der Waals surface area contributed by atoms with E-state index in [4.69, 9.17) is 16.0 Å². The summed E-state index contributed by atoms with van der Waals surface area (Å²) in [6.07, 6.45) is 2.25. The van der Waals surface area contributed by atoms with Crippen molar-refractivity contribution in [3.63, 3.8) is 0 Å². The highest BCUT2D eigenvalue weighted by molar-refractivity contribution is 6.18. The number of furan rings is 1. The molecule has 14 heavy (non-hydrogen) atoms. The molecule has 0 spiro atoms. The molecule has 1 atom stereocenters. The van der Waals surface area contributed by atoms with Gasteiger partial charge in [0.2, 0.25) is 0 Å². The van der Waals surface area contributed by atoms with Gasteiger partial charge in [0, 0.05) is 5.88 Å². The summed E-state index contributed by atoms with van der Waals surface area (Å²) in [4.78, 5) is 11.6. The third kappa shape index (κ3) is 2.51. The van der Waals surface area contributed by atoms with Crippen molar-refractivity contribution in [2.45, 2.75) is 25.8 Å². The molecule has 0 aromatic carbocycles. The molecule has 1 aromatic heterocycles. The van der Waals surface area contributed by atoms with Gasteiger partial charge in [-0.05, 0) is 25.5 Å². The molecule has 0 saturated heterocycles. The van der Waals surface area contributed by atoms with Crippen molar-refractivity contribution in [1.82, 2.24) is 5.32 Å². The minimum Gasteiger partial charge on any atom is -0.459 e. The van der Waals surface area contributed by atoms with E-state index in [-0.39, 0.29) is 11.4 Å². The highest BCUT2D eigenvalue weighted by Gasteiger charge is 2.24. The lowest BCUT2D eigenvalue weighted by atomic mass is 10.0. The van der Waals surface area contributed by atoms with Crippen molar-refractivity contribution < 1.29 is 9.21 Å². The van der Waals surface area contributed by atoms with E-state index in [1.807, 2.05) is 13.8 Å². The average molecular weight is 216 g/mol. The Balaban J connectivity index is 2.65. The number of hydrogen-bond acceptors (Lipinski definition) is 2. The Bertz CT molecular complexity index is 291. The molecular weight excluding hydrogens is 202 g/mol. The number of halogens is 1. The largest absolute Gasteiger partial charge is 0.459 e. The van der Waals surface area contributed by atoms with Crippen LogP contribution in [0, 0.1) is 0 Å². The first-order valence-corrected chi connectivity index (χ1v) is 5.07. The molecular formula is C10H14ClNO2. The molecule has 3 nitrogen and oxygen atoms in total. The van der Waals surface area contributed by atoms with Crippen molar-refractivity contribution >= 4 is 17.5 Å². The van der Waals surface area contributed by atoms with Gasteiger partial charge < -0.3 is 9.73 Å². The van der Waals surface area contributed by atoms with Crippen LogP contribution >= 0.6 is 11.6 Å². The lowest BCUT2D eigenvalue weighted by Gasteiger charge is -2.26. The van der Waals surface area contributed by atoms with Gasteiger partial charge in [-0.2, -0.15) is 0 Å². The van der Waals surface area contributed by atoms with Crippen molar-refractivity contribution in [3.8, 4) is 0 Å². The molecule has 0 aliphatic rings. The maximum absolute atomic E-state index is 11.6. The Kier molecular flexibility index (Phi) is 3.58. The fourth-order valence-corrected chi connectivity index (χ4v) is 1.22. The van der Waals surface area contributed by atoms with E-state index in [9.17, 15) is 4.79 Å². The number of rotatable bonds is 4. The molecule has 0 aliphatic heterocycles. The van der Waals surface area contributed by atoms with Crippen LogP contribution in [0.5, 0.6) is 0 Å². The first-order valence-electron chi connectivity index (χ1n) is 4.53. The van der Waals surface area contributed by atoms with Crippen LogP contribution < -0.4 is 5.32 Å². The lowest BCUT2D eigenvalue weighted by Crippen LogP contribution is -2.46. The van der Waals surface area contributed by atoms with Gasteiger partial charge in [0.1, 0.15) is 0 Å². The minimum absolute atomic E-state index is 0.222. The van der Waals surface area contributed by atoms with Crippen LogP contribution in [0.4, 0.5) is 0 Å². The van der Waals surface area contributed by atoms with E-state index >= 15 is 0 Å². The summed E-state index contributed by atoms with van der Waals surface area (Å²) >= 11 is 5.77. The molecule has 78 valence electrons. The number of carbonyl (C=O) groups is 1. The van der Waals surface area contributed by atoms with Gasteiger partial charge in [-0.25, -0.2) is 0 Å². The Labute approximate surface area is 88.4 Å². The third-order valence-electron chi connectivity index (χ3n) is 2.24. The predicted octanol–water partition coefficient (Wildman–Crippen LogP) is 2.42. The van der Waals surface area contributed by atoms with E-state index in [0.717, 1.165) is 6.42 Å². The molecule has 0 fully saturated rings. The van der Waals surface area contributed by atoms with Crippen LogP contribution in [0.3, 0.4) is 0 Å². The second kappa shape index (κ2) is 4.51. The van der Waals surface area contributed by atoms with Crippen LogP contribution in [-0.4, -0.2) is 17.3 Å². The fraction of sp³-hybridized carbons (Fsp3) is 0.500. The first kappa shape index (κ1) is 11.1. The van der Waals surface area contributed by atoms with Gasteiger partial charge in [-0.3, -0.25) is 4.79 Å². The topological polar surface area (TPSA) is 42.2 Å². The molecule has 1 unspecified atom stereocenters. The van der Waals surface area contributed by atoms with Crippen LogP contribution in [0.1, 0.15) is 30.8 Å². The molecule has 1 heterocycles. The molecule has 0 radical (unpaired) electrons. The SMILES string of the molecule is CCC(C)(CCl)NC(=O)c1ccco1. The van der Waals surface area contributed by atoms with Crippen LogP contribution in [-0.2, 0) is 0 Å². The molecule has 1 amide bonds. The van der Waals surface area contributed by atoms with E-state index < -0.39 is 0 Å². The molecule has 4 heteroatoms. The predicted molar refractivity (Wildman–Crippen MR) is 55.6 cm³/mol. The number of amides is 1. The second-order valence-corrected chi connectivity index (χ2v) is 3.75. The summed E-state index contributed by atoms with van der Waals surface area (Å²) in [6, 6.07) is 3.30. The van der Waals surface area contributed by atoms with Crippen molar-refractivity contribution in [3.05, 3.63) is 24.2 Å². The van der Waals surface area contributed by atoms with Crippen LogP contribution in [0.2, 0.25) is 0 Å². The Morgan fingerprint density at radius 3 is 2.86 bits per heavy atom. The summed E-state index contributed by atoms with van der Waals surface area (Å²) < 4.78 is 4.98. The summed E-state index contributed by atoms with van der Waals surface area (Å²) in [6.45, 7) is 3.88. The Morgan fingerprint density at radius 2 is 2.43 bits per heavy atom. The van der Waals surface area contributed by atoms with E-state index in [1.165, 1.54) is 6.26 Å². The van der Waals surface area contributed by atoms with Gasteiger partial charge in [0.15, 0.2) is 5.76 Å². The zero-order chi connectivity index (χ0) is 10.6. The lowest BCUT2D eigenvalue weighted by molar-refractivity contribution is 0.0884. The average Bonchev–Trinajstić information content (AvgIpc) is 2.70. The van der Waals surface area contributed by atoms with E-state index in [2.05, 4.69) is 5.32 Å². The number of carbonyl (C=O) groups excluding carboxylic acids is 1. The standard InChI is InChI=1S/C10H14ClNO2/c1-3-10(2,7-11)12-9(13)8-5-4-6-14-8/h4-6H,3,7H2,1-2H3,(H,12,13). The molecule has 1 aromatic rings. The van der Waals surface area contributed by atoms with Crippen molar-refractivity contribution in [2.75, 3.05) is 5.88 Å². The summed E-state index contributed by atoms with van der Waals surface area (Å²) in [5, 5.41) is 2.83. The monoisotopic (exact) mass is 215 g/mol. The first-order chi connectivity index (χ1) is 6.61. The minimum atomic E-state index is -0.370. The third-order valence-corrected chi connectivity index (χ3v) is 2.83. The van der Waals surface area contributed by atoms with E-state index in [1.54, 1.807) is 12.1 Å². The molecule has 0 aliphatic carbocycles. The summed E-state index contributed by atoms with van der Waals surface area (Å²) in [5.41, 5.74) is -0.370. The van der Waals surface area contributed by atoms with Crippen molar-refractivity contribution in [2.24, 2.45) is 0 Å². The highest BCUT2D eigenvalue weighted by Crippen LogP contribution is 2.12. The maximum Gasteiger partial charge on any atom is 0.287 e. The molecule has 0 bridgehead atoms. The molecule has 1 rings (SSSR count). The number of alkyl halides is 1. The summed E-state index contributed by atoms with van der Waals surface area (Å²) in [5.74, 6) is 0.477. The molecule has 1 N–H and O–H groups in total. The van der Waals surface area contributed by atoms with Crippen LogP contribution in [0.15, 0.2) is 22.8 Å². The maximum atomic E-state index is 11.6.